The second-order valence-corrected chi connectivity index (χ2v) is 7.56. The van der Waals surface area contributed by atoms with E-state index in [-0.39, 0.29) is 18.0 Å². The molecule has 2 aromatic heterocycles. The topological polar surface area (TPSA) is 46.8 Å². The van der Waals surface area contributed by atoms with Crippen LogP contribution in [0.4, 0.5) is 0 Å². The average molecular weight is 341 g/mol. The molecule has 0 radical (unpaired) electrons. The second-order valence-electron chi connectivity index (χ2n) is 7.56. The van der Waals surface area contributed by atoms with Crippen LogP contribution in [-0.2, 0) is 4.74 Å². The van der Waals surface area contributed by atoms with Gasteiger partial charge in [0.05, 0.1) is 30.8 Å². The number of fused-ring (bicyclic) bond motifs is 1. The molecule has 5 heteroatoms. The van der Waals surface area contributed by atoms with Crippen molar-refractivity contribution in [2.24, 2.45) is 0 Å². The maximum atomic E-state index is 13.3. The lowest BCUT2D eigenvalue weighted by Crippen LogP contribution is -2.52. The number of amides is 1. The van der Waals surface area contributed by atoms with E-state index in [0.29, 0.717) is 24.8 Å². The SMILES string of the molecule is CC1COCC(C)N1C(=O)c1nc(C2CCCCC2)n2ccccc12. The molecule has 1 aliphatic carbocycles. The number of aromatic nitrogens is 2. The number of hydrogen-bond acceptors (Lipinski definition) is 3. The molecule has 2 fully saturated rings. The van der Waals surface area contributed by atoms with Crippen LogP contribution < -0.4 is 0 Å². The highest BCUT2D eigenvalue weighted by Gasteiger charge is 2.33. The normalized spacial score (nSPS) is 25.4. The number of imidazole rings is 1. The van der Waals surface area contributed by atoms with Crippen molar-refractivity contribution in [3.8, 4) is 0 Å². The second kappa shape index (κ2) is 6.79. The Bertz CT molecular complexity index is 753. The van der Waals surface area contributed by atoms with E-state index >= 15 is 0 Å². The minimum Gasteiger partial charge on any atom is -0.377 e. The number of carbonyl (C=O) groups is 1. The fourth-order valence-electron chi connectivity index (χ4n) is 4.39. The van der Waals surface area contributed by atoms with Crippen molar-refractivity contribution in [3.05, 3.63) is 35.9 Å². The lowest BCUT2D eigenvalue weighted by atomic mass is 9.89. The van der Waals surface area contributed by atoms with Crippen LogP contribution in [-0.4, -0.2) is 45.5 Å². The summed E-state index contributed by atoms with van der Waals surface area (Å²) in [5, 5.41) is 0. The summed E-state index contributed by atoms with van der Waals surface area (Å²) in [5.74, 6) is 1.56. The molecule has 2 atom stereocenters. The summed E-state index contributed by atoms with van der Waals surface area (Å²) >= 11 is 0. The number of ether oxygens (including phenoxy) is 1. The van der Waals surface area contributed by atoms with Gasteiger partial charge in [0.25, 0.3) is 5.91 Å². The van der Waals surface area contributed by atoms with Crippen LogP contribution in [0.2, 0.25) is 0 Å². The molecule has 5 nitrogen and oxygen atoms in total. The van der Waals surface area contributed by atoms with Crippen LogP contribution in [0.15, 0.2) is 24.4 Å². The Labute approximate surface area is 149 Å². The third-order valence-corrected chi connectivity index (χ3v) is 5.65. The zero-order chi connectivity index (χ0) is 17.4. The van der Waals surface area contributed by atoms with E-state index < -0.39 is 0 Å². The monoisotopic (exact) mass is 341 g/mol. The molecule has 2 aliphatic rings. The first kappa shape index (κ1) is 16.6. The summed E-state index contributed by atoms with van der Waals surface area (Å²) in [5.41, 5.74) is 1.53. The molecule has 0 N–H and O–H groups in total. The maximum Gasteiger partial charge on any atom is 0.275 e. The lowest BCUT2D eigenvalue weighted by Gasteiger charge is -2.38. The molecule has 0 spiro atoms. The third-order valence-electron chi connectivity index (χ3n) is 5.65. The van der Waals surface area contributed by atoms with Crippen LogP contribution >= 0.6 is 0 Å². The molecule has 1 saturated heterocycles. The van der Waals surface area contributed by atoms with E-state index in [9.17, 15) is 4.79 Å². The summed E-state index contributed by atoms with van der Waals surface area (Å²) in [4.78, 5) is 20.2. The van der Waals surface area contributed by atoms with Gasteiger partial charge in [-0.15, -0.1) is 0 Å². The standard InChI is InChI=1S/C20H27N3O2/c1-14-12-25-13-15(2)23(14)20(24)18-17-10-6-7-11-22(17)19(21-18)16-8-4-3-5-9-16/h6-7,10-11,14-16H,3-5,8-9,12-13H2,1-2H3. The van der Waals surface area contributed by atoms with Gasteiger partial charge in [0.15, 0.2) is 5.69 Å². The van der Waals surface area contributed by atoms with E-state index in [2.05, 4.69) is 10.6 Å². The molecule has 25 heavy (non-hydrogen) atoms. The maximum absolute atomic E-state index is 13.3. The smallest absolute Gasteiger partial charge is 0.275 e. The molecular weight excluding hydrogens is 314 g/mol. The summed E-state index contributed by atoms with van der Waals surface area (Å²) in [6.07, 6.45) is 8.22. The zero-order valence-corrected chi connectivity index (χ0v) is 15.1. The number of carbonyl (C=O) groups excluding carboxylic acids is 1. The number of rotatable bonds is 2. The first-order chi connectivity index (χ1) is 12.2. The van der Waals surface area contributed by atoms with Gasteiger partial charge in [0.1, 0.15) is 5.82 Å². The molecule has 2 aromatic rings. The number of nitrogens with zero attached hydrogens (tertiary/aromatic N) is 3. The van der Waals surface area contributed by atoms with Crippen molar-refractivity contribution in [1.29, 1.82) is 0 Å². The summed E-state index contributed by atoms with van der Waals surface area (Å²) < 4.78 is 7.72. The fraction of sp³-hybridized carbons (Fsp3) is 0.600. The van der Waals surface area contributed by atoms with Crippen LogP contribution in [0.25, 0.3) is 5.52 Å². The van der Waals surface area contributed by atoms with Gasteiger partial charge in [-0.25, -0.2) is 4.98 Å². The number of pyridine rings is 1. The van der Waals surface area contributed by atoms with Crippen molar-refractivity contribution < 1.29 is 9.53 Å². The van der Waals surface area contributed by atoms with Gasteiger partial charge >= 0.3 is 0 Å². The zero-order valence-electron chi connectivity index (χ0n) is 15.1. The van der Waals surface area contributed by atoms with Crippen molar-refractivity contribution in [2.45, 2.75) is 64.0 Å². The number of hydrogen-bond donors (Lipinski definition) is 0. The number of morpholine rings is 1. The minimum atomic E-state index is 0.0362. The quantitative estimate of drug-likeness (QED) is 0.838. The third kappa shape index (κ3) is 2.95. The van der Waals surface area contributed by atoms with Crippen LogP contribution in [0, 0.1) is 0 Å². The predicted molar refractivity (Wildman–Crippen MR) is 96.9 cm³/mol. The van der Waals surface area contributed by atoms with Crippen molar-refractivity contribution >= 4 is 11.4 Å². The van der Waals surface area contributed by atoms with Crippen LogP contribution in [0.1, 0.15) is 68.2 Å². The minimum absolute atomic E-state index is 0.0362. The largest absolute Gasteiger partial charge is 0.377 e. The Balaban J connectivity index is 1.75. The molecule has 0 aromatic carbocycles. The molecule has 1 amide bonds. The molecule has 2 unspecified atom stereocenters. The fourth-order valence-corrected chi connectivity index (χ4v) is 4.39. The molecule has 1 aliphatic heterocycles. The Morgan fingerprint density at radius 3 is 2.56 bits per heavy atom. The molecule has 134 valence electrons. The Hall–Kier alpha value is -1.88. The molecule has 1 saturated carbocycles. The molecular formula is C20H27N3O2. The van der Waals surface area contributed by atoms with Crippen LogP contribution in [0.3, 0.4) is 0 Å². The van der Waals surface area contributed by atoms with E-state index in [1.54, 1.807) is 0 Å². The summed E-state index contributed by atoms with van der Waals surface area (Å²) in [6.45, 7) is 5.29. The molecule has 0 bridgehead atoms. The molecule has 4 rings (SSSR count). The highest BCUT2D eigenvalue weighted by Crippen LogP contribution is 2.33. The van der Waals surface area contributed by atoms with Gasteiger partial charge in [0, 0.05) is 12.1 Å². The molecule has 3 heterocycles. The van der Waals surface area contributed by atoms with Gasteiger partial charge in [0.2, 0.25) is 0 Å². The van der Waals surface area contributed by atoms with Gasteiger partial charge in [-0.05, 0) is 38.8 Å². The van der Waals surface area contributed by atoms with E-state index in [1.807, 2.05) is 36.9 Å². The highest BCUT2D eigenvalue weighted by atomic mass is 16.5. The predicted octanol–water partition coefficient (Wildman–Crippen LogP) is 3.63. The Morgan fingerprint density at radius 1 is 1.12 bits per heavy atom. The Morgan fingerprint density at radius 2 is 1.84 bits per heavy atom. The van der Waals surface area contributed by atoms with Crippen molar-refractivity contribution in [1.82, 2.24) is 14.3 Å². The van der Waals surface area contributed by atoms with Gasteiger partial charge in [-0.1, -0.05) is 25.3 Å². The first-order valence-electron chi connectivity index (χ1n) is 9.54. The van der Waals surface area contributed by atoms with Crippen molar-refractivity contribution in [2.75, 3.05) is 13.2 Å². The van der Waals surface area contributed by atoms with Gasteiger partial charge < -0.3 is 14.0 Å². The van der Waals surface area contributed by atoms with E-state index in [0.717, 1.165) is 11.3 Å². The Kier molecular flexibility index (Phi) is 4.50. The lowest BCUT2D eigenvalue weighted by molar-refractivity contribution is -0.0251. The van der Waals surface area contributed by atoms with Crippen molar-refractivity contribution in [3.63, 3.8) is 0 Å². The first-order valence-corrected chi connectivity index (χ1v) is 9.54. The van der Waals surface area contributed by atoms with E-state index in [1.165, 1.54) is 32.1 Å². The van der Waals surface area contributed by atoms with Gasteiger partial charge in [-0.2, -0.15) is 0 Å². The summed E-state index contributed by atoms with van der Waals surface area (Å²) in [6, 6.07) is 6.19. The van der Waals surface area contributed by atoms with Gasteiger partial charge in [-0.3, -0.25) is 4.79 Å². The summed E-state index contributed by atoms with van der Waals surface area (Å²) in [7, 11) is 0. The average Bonchev–Trinajstić information content (AvgIpc) is 3.02. The highest BCUT2D eigenvalue weighted by molar-refractivity contribution is 5.99. The van der Waals surface area contributed by atoms with Crippen LogP contribution in [0.5, 0.6) is 0 Å². The van der Waals surface area contributed by atoms with E-state index in [4.69, 9.17) is 9.72 Å².